The molecule has 3 heterocycles. The van der Waals surface area contributed by atoms with Crippen LogP contribution in [0.5, 0.6) is 0 Å². The van der Waals surface area contributed by atoms with Crippen LogP contribution in [0, 0.1) is 0 Å². The summed E-state index contributed by atoms with van der Waals surface area (Å²) in [6.07, 6.45) is 4.42. The molecule has 0 saturated carbocycles. The molecule has 0 aliphatic rings. The highest BCUT2D eigenvalue weighted by atomic mass is 35.5. The van der Waals surface area contributed by atoms with Crippen LogP contribution in [0.15, 0.2) is 24.5 Å². The monoisotopic (exact) mass is 311 g/mol. The molecule has 0 bridgehead atoms. The molecule has 0 atom stereocenters. The van der Waals surface area contributed by atoms with E-state index in [0.717, 1.165) is 40.9 Å². The van der Waals surface area contributed by atoms with Gasteiger partial charge in [-0.15, -0.1) is 24.0 Å². The lowest BCUT2D eigenvalue weighted by molar-refractivity contribution is 0.646. The molecule has 0 radical (unpaired) electrons. The molecule has 5 nitrogen and oxygen atoms in total. The maximum Gasteiger partial charge on any atom is 0.124 e. The van der Waals surface area contributed by atoms with Gasteiger partial charge in [-0.3, -0.25) is 9.97 Å². The van der Waals surface area contributed by atoms with Gasteiger partial charge in [-0.25, -0.2) is 4.98 Å². The number of rotatable bonds is 4. The minimum absolute atomic E-state index is 0. The standard InChI is InChI=1S/C13H14ClN5.ClH/c14-7-11-18-10-8-17-9-3-1-5-16-12(9)13(10)19(11)6-2-4-15;/h1,3,5,8H,2,4,6-7,15H2;1H. The third-order valence-electron chi connectivity index (χ3n) is 3.12. The summed E-state index contributed by atoms with van der Waals surface area (Å²) >= 11 is 5.98. The molecule has 106 valence electrons. The fourth-order valence-corrected chi connectivity index (χ4v) is 2.47. The first-order valence-corrected chi connectivity index (χ1v) is 6.73. The molecule has 0 amide bonds. The number of hydrogen-bond acceptors (Lipinski definition) is 4. The molecule has 2 N–H and O–H groups in total. The Labute approximate surface area is 127 Å². The molecule has 0 fully saturated rings. The van der Waals surface area contributed by atoms with Crippen molar-refractivity contribution in [2.45, 2.75) is 18.8 Å². The molecule has 3 aromatic rings. The number of nitrogens with two attached hydrogens (primary N) is 1. The van der Waals surface area contributed by atoms with E-state index in [1.54, 1.807) is 12.4 Å². The molecule has 0 aliphatic heterocycles. The van der Waals surface area contributed by atoms with Crippen LogP contribution in [0.25, 0.3) is 22.1 Å². The van der Waals surface area contributed by atoms with Crippen molar-refractivity contribution >= 4 is 46.1 Å². The third-order valence-corrected chi connectivity index (χ3v) is 3.35. The second-order valence-electron chi connectivity index (χ2n) is 4.32. The molecule has 3 rings (SSSR count). The van der Waals surface area contributed by atoms with Crippen LogP contribution in [-0.4, -0.2) is 26.1 Å². The zero-order valence-electron chi connectivity index (χ0n) is 10.8. The number of nitrogens with zero attached hydrogens (tertiary/aromatic N) is 4. The molecule has 7 heteroatoms. The van der Waals surface area contributed by atoms with Gasteiger partial charge in [0.15, 0.2) is 0 Å². The van der Waals surface area contributed by atoms with E-state index in [4.69, 9.17) is 17.3 Å². The highest BCUT2D eigenvalue weighted by molar-refractivity contribution is 6.17. The maximum absolute atomic E-state index is 5.98. The smallest absolute Gasteiger partial charge is 0.124 e. The summed E-state index contributed by atoms with van der Waals surface area (Å²) in [6.45, 7) is 1.43. The number of alkyl halides is 1. The van der Waals surface area contributed by atoms with Gasteiger partial charge in [0, 0.05) is 12.7 Å². The Morgan fingerprint density at radius 1 is 1.25 bits per heavy atom. The molecule has 0 aromatic carbocycles. The summed E-state index contributed by atoms with van der Waals surface area (Å²) in [5.41, 5.74) is 9.15. The van der Waals surface area contributed by atoms with Crippen molar-refractivity contribution in [2.24, 2.45) is 5.73 Å². The lowest BCUT2D eigenvalue weighted by Crippen LogP contribution is -2.08. The molecule has 3 aromatic heterocycles. The maximum atomic E-state index is 5.98. The zero-order valence-corrected chi connectivity index (χ0v) is 12.4. The van der Waals surface area contributed by atoms with Gasteiger partial charge in [-0.1, -0.05) is 0 Å². The van der Waals surface area contributed by atoms with E-state index in [2.05, 4.69) is 19.5 Å². The van der Waals surface area contributed by atoms with Gasteiger partial charge in [0.05, 0.1) is 23.1 Å². The Balaban J connectivity index is 0.00000147. The van der Waals surface area contributed by atoms with Crippen LogP contribution in [0.3, 0.4) is 0 Å². The average Bonchev–Trinajstić information content (AvgIpc) is 2.83. The number of aromatic nitrogens is 4. The average molecular weight is 312 g/mol. The van der Waals surface area contributed by atoms with Crippen LogP contribution in [0.2, 0.25) is 0 Å². The van der Waals surface area contributed by atoms with Crippen molar-refractivity contribution in [1.29, 1.82) is 0 Å². The number of pyridine rings is 2. The predicted octanol–water partition coefficient (Wildman–Crippen LogP) is 2.49. The highest BCUT2D eigenvalue weighted by Crippen LogP contribution is 2.23. The fraction of sp³-hybridized carbons (Fsp3) is 0.308. The van der Waals surface area contributed by atoms with Crippen LogP contribution >= 0.6 is 24.0 Å². The Kier molecular flexibility index (Phi) is 4.75. The van der Waals surface area contributed by atoms with Gasteiger partial charge in [-0.2, -0.15) is 0 Å². The van der Waals surface area contributed by atoms with Crippen LogP contribution in [0.1, 0.15) is 12.2 Å². The summed E-state index contributed by atoms with van der Waals surface area (Å²) in [6, 6.07) is 3.83. The van der Waals surface area contributed by atoms with E-state index in [1.807, 2.05) is 12.1 Å². The zero-order chi connectivity index (χ0) is 13.2. The molecule has 0 saturated heterocycles. The van der Waals surface area contributed by atoms with Crippen molar-refractivity contribution in [3.05, 3.63) is 30.4 Å². The van der Waals surface area contributed by atoms with E-state index in [1.165, 1.54) is 0 Å². The normalized spacial score (nSPS) is 10.9. The molecule has 20 heavy (non-hydrogen) atoms. The lowest BCUT2D eigenvalue weighted by atomic mass is 10.3. The van der Waals surface area contributed by atoms with Gasteiger partial charge >= 0.3 is 0 Å². The first-order chi connectivity index (χ1) is 9.35. The van der Waals surface area contributed by atoms with Gasteiger partial charge < -0.3 is 10.3 Å². The van der Waals surface area contributed by atoms with E-state index in [0.29, 0.717) is 12.4 Å². The quantitative estimate of drug-likeness (QED) is 0.752. The van der Waals surface area contributed by atoms with E-state index >= 15 is 0 Å². The first-order valence-electron chi connectivity index (χ1n) is 6.20. The summed E-state index contributed by atoms with van der Waals surface area (Å²) in [5.74, 6) is 1.21. The van der Waals surface area contributed by atoms with Crippen molar-refractivity contribution < 1.29 is 0 Å². The number of halogens is 2. The number of hydrogen-bond donors (Lipinski definition) is 1. The number of imidazole rings is 1. The molecular formula is C13H15Cl2N5. The van der Waals surface area contributed by atoms with Crippen molar-refractivity contribution in [3.63, 3.8) is 0 Å². The molecular weight excluding hydrogens is 297 g/mol. The Morgan fingerprint density at radius 2 is 2.10 bits per heavy atom. The van der Waals surface area contributed by atoms with Crippen molar-refractivity contribution in [1.82, 2.24) is 19.5 Å². The number of aryl methyl sites for hydroxylation is 1. The van der Waals surface area contributed by atoms with Gasteiger partial charge in [-0.05, 0) is 25.1 Å². The van der Waals surface area contributed by atoms with Crippen molar-refractivity contribution in [2.75, 3.05) is 6.54 Å². The Bertz CT molecular complexity index is 725. The highest BCUT2D eigenvalue weighted by Gasteiger charge is 2.13. The summed E-state index contributed by atoms with van der Waals surface area (Å²) in [5, 5.41) is 0. The predicted molar refractivity (Wildman–Crippen MR) is 83.3 cm³/mol. The molecule has 0 aliphatic carbocycles. The summed E-state index contributed by atoms with van der Waals surface area (Å²) < 4.78 is 2.10. The van der Waals surface area contributed by atoms with E-state index in [-0.39, 0.29) is 12.4 Å². The molecule has 0 unspecified atom stereocenters. The van der Waals surface area contributed by atoms with Gasteiger partial charge in [0.2, 0.25) is 0 Å². The Hall–Kier alpha value is -1.43. The molecule has 0 spiro atoms. The summed E-state index contributed by atoms with van der Waals surface area (Å²) in [4.78, 5) is 13.3. The number of fused-ring (bicyclic) bond motifs is 3. The third kappa shape index (κ3) is 2.44. The van der Waals surface area contributed by atoms with Gasteiger partial charge in [0.25, 0.3) is 0 Å². The SMILES string of the molecule is Cl.NCCCn1c(CCl)nc2cnc3cccnc3c21. The summed E-state index contributed by atoms with van der Waals surface area (Å²) in [7, 11) is 0. The Morgan fingerprint density at radius 3 is 2.85 bits per heavy atom. The minimum Gasteiger partial charge on any atom is -0.330 e. The van der Waals surface area contributed by atoms with Gasteiger partial charge in [0.1, 0.15) is 16.9 Å². The van der Waals surface area contributed by atoms with Crippen molar-refractivity contribution in [3.8, 4) is 0 Å². The van der Waals surface area contributed by atoms with Crippen LogP contribution < -0.4 is 5.73 Å². The van der Waals surface area contributed by atoms with E-state index < -0.39 is 0 Å². The topological polar surface area (TPSA) is 69.6 Å². The van der Waals surface area contributed by atoms with Crippen LogP contribution in [0.4, 0.5) is 0 Å². The van der Waals surface area contributed by atoms with Crippen LogP contribution in [-0.2, 0) is 12.4 Å². The minimum atomic E-state index is 0. The fourth-order valence-electron chi connectivity index (χ4n) is 2.27. The lowest BCUT2D eigenvalue weighted by Gasteiger charge is -2.07. The second kappa shape index (κ2) is 6.35. The second-order valence-corrected chi connectivity index (χ2v) is 4.59. The largest absolute Gasteiger partial charge is 0.330 e. The van der Waals surface area contributed by atoms with E-state index in [9.17, 15) is 0 Å². The first kappa shape index (κ1) is 15.0.